The molecule has 25 heavy (non-hydrogen) atoms. The number of benzene rings is 1. The fourth-order valence-corrected chi connectivity index (χ4v) is 3.50. The zero-order valence-electron chi connectivity index (χ0n) is 14.5. The van der Waals surface area contributed by atoms with Gasteiger partial charge in [-0.2, -0.15) is 5.10 Å². The van der Waals surface area contributed by atoms with Crippen molar-refractivity contribution in [2.75, 3.05) is 11.9 Å². The molecular weight excluding hydrogens is 316 g/mol. The van der Waals surface area contributed by atoms with Crippen LogP contribution in [0.25, 0.3) is 10.9 Å². The normalized spacial score (nSPS) is 17.8. The number of likely N-dealkylation sites (tertiary alicyclic amines) is 1. The van der Waals surface area contributed by atoms with E-state index in [-0.39, 0.29) is 12.1 Å². The van der Waals surface area contributed by atoms with E-state index in [1.165, 1.54) is 0 Å². The molecule has 1 aliphatic rings. The minimum absolute atomic E-state index is 0.0723. The molecule has 2 aromatic heterocycles. The maximum absolute atomic E-state index is 12.8. The fraction of sp³-hybridized carbons (Fsp3) is 0.389. The lowest BCUT2D eigenvalue weighted by molar-refractivity contribution is 0.159. The molecule has 0 spiro atoms. The molecule has 0 aliphatic carbocycles. The minimum Gasteiger partial charge on any atom is -0.359 e. The van der Waals surface area contributed by atoms with Crippen LogP contribution in [0.3, 0.4) is 0 Å². The Morgan fingerprint density at radius 1 is 1.28 bits per heavy atom. The second-order valence-corrected chi connectivity index (χ2v) is 6.67. The van der Waals surface area contributed by atoms with Crippen LogP contribution in [0.4, 0.5) is 10.5 Å². The van der Waals surface area contributed by atoms with E-state index >= 15 is 0 Å². The highest BCUT2D eigenvalue weighted by atomic mass is 16.2. The van der Waals surface area contributed by atoms with Gasteiger partial charge in [0.05, 0.1) is 6.04 Å². The predicted molar refractivity (Wildman–Crippen MR) is 96.5 cm³/mol. The number of piperidine rings is 1. The van der Waals surface area contributed by atoms with Crippen molar-refractivity contribution in [1.29, 1.82) is 0 Å². The molecule has 1 aliphatic heterocycles. The smallest absolute Gasteiger partial charge is 0.322 e. The molecule has 1 fully saturated rings. The topological polar surface area (TPSA) is 89.7 Å². The molecule has 2 amide bonds. The second-order valence-electron chi connectivity index (χ2n) is 6.67. The number of rotatable bonds is 2. The molecule has 1 aromatic carbocycles. The molecule has 4 rings (SSSR count). The second kappa shape index (κ2) is 6.23. The maximum atomic E-state index is 12.8. The van der Waals surface area contributed by atoms with Gasteiger partial charge in [0, 0.05) is 28.8 Å². The summed E-state index contributed by atoms with van der Waals surface area (Å²) in [7, 11) is 0. The Hall–Kier alpha value is -2.83. The summed E-state index contributed by atoms with van der Waals surface area (Å²) < 4.78 is 0. The largest absolute Gasteiger partial charge is 0.359 e. The summed E-state index contributed by atoms with van der Waals surface area (Å²) in [6.45, 7) is 4.61. The number of aromatic amines is 2. The van der Waals surface area contributed by atoms with Crippen molar-refractivity contribution >= 4 is 22.6 Å². The van der Waals surface area contributed by atoms with Crippen LogP contribution in [0.5, 0.6) is 0 Å². The average Bonchev–Trinajstić information content (AvgIpc) is 3.19. The summed E-state index contributed by atoms with van der Waals surface area (Å²) in [5.74, 6) is 1.47. The number of carbonyl (C=O) groups excluding carboxylic acids is 1. The highest BCUT2D eigenvalue weighted by Crippen LogP contribution is 2.29. The molecule has 0 bridgehead atoms. The van der Waals surface area contributed by atoms with E-state index in [2.05, 4.69) is 31.5 Å². The lowest BCUT2D eigenvalue weighted by atomic mass is 10.0. The Kier molecular flexibility index (Phi) is 3.91. The average molecular weight is 338 g/mol. The molecule has 0 saturated carbocycles. The first-order chi connectivity index (χ1) is 12.1. The number of fused-ring (bicyclic) bond motifs is 1. The fourth-order valence-electron chi connectivity index (χ4n) is 3.50. The molecule has 0 unspecified atom stereocenters. The quantitative estimate of drug-likeness (QED) is 0.666. The molecular formula is C18H22N6O. The Morgan fingerprint density at radius 2 is 2.16 bits per heavy atom. The monoisotopic (exact) mass is 338 g/mol. The number of nitrogens with zero attached hydrogens (tertiary/aromatic N) is 3. The highest BCUT2D eigenvalue weighted by Gasteiger charge is 2.30. The van der Waals surface area contributed by atoms with Crippen LogP contribution in [0, 0.1) is 13.8 Å². The number of aromatic nitrogens is 4. The third-order valence-electron chi connectivity index (χ3n) is 4.68. The highest BCUT2D eigenvalue weighted by molar-refractivity contribution is 5.93. The van der Waals surface area contributed by atoms with Crippen molar-refractivity contribution in [1.82, 2.24) is 25.1 Å². The zero-order valence-corrected chi connectivity index (χ0v) is 14.5. The first-order valence-corrected chi connectivity index (χ1v) is 8.66. The van der Waals surface area contributed by atoms with Gasteiger partial charge >= 0.3 is 6.03 Å². The van der Waals surface area contributed by atoms with Crippen LogP contribution in [0.1, 0.15) is 42.6 Å². The zero-order chi connectivity index (χ0) is 17.4. The van der Waals surface area contributed by atoms with Crippen molar-refractivity contribution < 1.29 is 4.79 Å². The summed E-state index contributed by atoms with van der Waals surface area (Å²) in [6, 6.07) is 7.81. The number of anilines is 1. The van der Waals surface area contributed by atoms with Crippen LogP contribution in [-0.4, -0.2) is 37.6 Å². The van der Waals surface area contributed by atoms with Gasteiger partial charge in [0.1, 0.15) is 5.82 Å². The minimum atomic E-state index is -0.0984. The number of aryl methyl sites for hydroxylation is 2. The number of H-pyrrole nitrogens is 2. The summed E-state index contributed by atoms with van der Waals surface area (Å²) in [6.07, 6.45) is 2.97. The molecule has 3 heterocycles. The van der Waals surface area contributed by atoms with Gasteiger partial charge in [0.2, 0.25) is 0 Å². The lowest BCUT2D eigenvalue weighted by Crippen LogP contribution is -2.41. The molecule has 3 aromatic rings. The van der Waals surface area contributed by atoms with Gasteiger partial charge in [0.15, 0.2) is 5.82 Å². The van der Waals surface area contributed by atoms with E-state index in [0.717, 1.165) is 53.9 Å². The molecule has 0 radical (unpaired) electrons. The standard InChI is InChI=1S/C18H22N6O/c1-11-9-13-10-14(6-7-15(13)19-11)21-18(25)24-8-4-3-5-16(24)17-20-12(2)22-23-17/h6-7,9-10,16,19H,3-5,8H2,1-2H3,(H,21,25)(H,20,22,23)/t16-/m0/s1. The van der Waals surface area contributed by atoms with Gasteiger partial charge in [-0.3, -0.25) is 5.10 Å². The van der Waals surface area contributed by atoms with Crippen LogP contribution < -0.4 is 5.32 Å². The van der Waals surface area contributed by atoms with Gasteiger partial charge < -0.3 is 15.2 Å². The van der Waals surface area contributed by atoms with E-state index in [4.69, 9.17) is 0 Å². The number of urea groups is 1. The number of amides is 2. The first kappa shape index (κ1) is 15.7. The van der Waals surface area contributed by atoms with Crippen LogP contribution in [0.2, 0.25) is 0 Å². The first-order valence-electron chi connectivity index (χ1n) is 8.66. The number of carbonyl (C=O) groups is 1. The summed E-state index contributed by atoms with van der Waals surface area (Å²) in [5, 5.41) is 11.3. The Morgan fingerprint density at radius 3 is 2.96 bits per heavy atom. The number of hydrogen-bond acceptors (Lipinski definition) is 3. The lowest BCUT2D eigenvalue weighted by Gasteiger charge is -2.34. The SMILES string of the molecule is Cc1cc2cc(NC(=O)N3CCCC[C@H]3c3n[nH]c(C)n3)ccc2[nH]1. The molecule has 7 nitrogen and oxygen atoms in total. The summed E-state index contributed by atoms with van der Waals surface area (Å²) in [4.78, 5) is 22.4. The van der Waals surface area contributed by atoms with E-state index in [9.17, 15) is 4.79 Å². The van der Waals surface area contributed by atoms with Gasteiger partial charge in [-0.25, -0.2) is 9.78 Å². The van der Waals surface area contributed by atoms with Gasteiger partial charge in [-0.05, 0) is 57.4 Å². The van der Waals surface area contributed by atoms with Crippen molar-refractivity contribution in [2.45, 2.75) is 39.2 Å². The Bertz CT molecular complexity index is 911. The van der Waals surface area contributed by atoms with E-state index in [1.807, 2.05) is 36.9 Å². The van der Waals surface area contributed by atoms with Crippen LogP contribution in [0.15, 0.2) is 24.3 Å². The van der Waals surface area contributed by atoms with Crippen molar-refractivity contribution in [3.05, 3.63) is 41.6 Å². The molecule has 130 valence electrons. The Labute approximate surface area is 145 Å². The molecule has 1 atom stereocenters. The summed E-state index contributed by atoms with van der Waals surface area (Å²) in [5.41, 5.74) is 2.98. The van der Waals surface area contributed by atoms with Crippen molar-refractivity contribution in [2.24, 2.45) is 0 Å². The van der Waals surface area contributed by atoms with E-state index in [0.29, 0.717) is 5.82 Å². The predicted octanol–water partition coefficient (Wildman–Crippen LogP) is 3.66. The third kappa shape index (κ3) is 3.09. The van der Waals surface area contributed by atoms with Crippen LogP contribution >= 0.6 is 0 Å². The Balaban J connectivity index is 1.55. The maximum Gasteiger partial charge on any atom is 0.322 e. The van der Waals surface area contributed by atoms with Gasteiger partial charge in [-0.1, -0.05) is 0 Å². The van der Waals surface area contributed by atoms with Crippen molar-refractivity contribution in [3.8, 4) is 0 Å². The van der Waals surface area contributed by atoms with E-state index in [1.54, 1.807) is 0 Å². The molecule has 3 N–H and O–H groups in total. The van der Waals surface area contributed by atoms with Crippen LogP contribution in [-0.2, 0) is 0 Å². The molecule has 7 heteroatoms. The van der Waals surface area contributed by atoms with E-state index < -0.39 is 0 Å². The number of nitrogens with one attached hydrogen (secondary N) is 3. The third-order valence-corrected chi connectivity index (χ3v) is 4.68. The number of hydrogen-bond donors (Lipinski definition) is 3. The molecule has 1 saturated heterocycles. The van der Waals surface area contributed by atoms with Gasteiger partial charge in [0.25, 0.3) is 0 Å². The van der Waals surface area contributed by atoms with Crippen molar-refractivity contribution in [3.63, 3.8) is 0 Å². The summed E-state index contributed by atoms with van der Waals surface area (Å²) >= 11 is 0. The van der Waals surface area contributed by atoms with Gasteiger partial charge in [-0.15, -0.1) is 0 Å².